The summed E-state index contributed by atoms with van der Waals surface area (Å²) < 4.78 is 16.0. The molecule has 0 bridgehead atoms. The van der Waals surface area contributed by atoms with E-state index in [2.05, 4.69) is 31.4 Å². The van der Waals surface area contributed by atoms with Gasteiger partial charge in [-0.15, -0.1) is 10.2 Å². The molecule has 2 rings (SSSR count). The molecule has 5 nitrogen and oxygen atoms in total. The highest BCUT2D eigenvalue weighted by molar-refractivity contribution is 9.10. The third-order valence-corrected chi connectivity index (χ3v) is 4.15. The van der Waals surface area contributed by atoms with Crippen molar-refractivity contribution in [2.45, 2.75) is 17.3 Å². The fraction of sp³-hybridized carbons (Fsp3) is 0.250. The second kappa shape index (κ2) is 6.36. The summed E-state index contributed by atoms with van der Waals surface area (Å²) in [7, 11) is 1.79. The van der Waals surface area contributed by atoms with Crippen molar-refractivity contribution in [2.24, 2.45) is 7.05 Å². The Morgan fingerprint density at radius 1 is 1.55 bits per heavy atom. The first-order chi connectivity index (χ1) is 9.47. The van der Waals surface area contributed by atoms with Gasteiger partial charge >= 0.3 is 0 Å². The van der Waals surface area contributed by atoms with Gasteiger partial charge in [0.05, 0.1) is 10.9 Å². The lowest BCUT2D eigenvalue weighted by molar-refractivity contribution is -0.115. The fourth-order valence-electron chi connectivity index (χ4n) is 1.42. The summed E-state index contributed by atoms with van der Waals surface area (Å²) in [5.74, 6) is -0.775. The number of carbonyl (C=O) groups is 1. The minimum atomic E-state index is -0.483. The smallest absolute Gasteiger partial charge is 0.237 e. The molecule has 0 fully saturated rings. The van der Waals surface area contributed by atoms with Crippen molar-refractivity contribution in [2.75, 3.05) is 5.32 Å². The van der Waals surface area contributed by atoms with E-state index in [0.29, 0.717) is 9.63 Å². The SMILES string of the molecule is CC(Sc1nncn1C)C(=O)Nc1ccc(Br)cc1F. The van der Waals surface area contributed by atoms with Gasteiger partial charge in [0, 0.05) is 11.5 Å². The molecule has 1 unspecified atom stereocenters. The standard InChI is InChI=1S/C12H12BrFN4OS/c1-7(20-12-17-15-6-18(12)2)11(19)16-10-4-3-8(13)5-9(10)14/h3-7H,1-2H3,(H,16,19). The molecule has 1 heterocycles. The Kier molecular flexibility index (Phi) is 4.77. The van der Waals surface area contributed by atoms with Crippen molar-refractivity contribution in [3.8, 4) is 0 Å². The minimum Gasteiger partial charge on any atom is -0.323 e. The highest BCUT2D eigenvalue weighted by Gasteiger charge is 2.18. The number of anilines is 1. The molecule has 2 aromatic rings. The van der Waals surface area contributed by atoms with Crippen LogP contribution in [0.3, 0.4) is 0 Å². The first kappa shape index (κ1) is 15.0. The maximum atomic E-state index is 13.6. The summed E-state index contributed by atoms with van der Waals surface area (Å²) in [5.41, 5.74) is 0.156. The van der Waals surface area contributed by atoms with Crippen LogP contribution in [-0.2, 0) is 11.8 Å². The number of hydrogen-bond acceptors (Lipinski definition) is 4. The number of halogens is 2. The zero-order valence-electron chi connectivity index (χ0n) is 10.8. The van der Waals surface area contributed by atoms with Crippen LogP contribution in [0.4, 0.5) is 10.1 Å². The largest absolute Gasteiger partial charge is 0.323 e. The number of nitrogens with one attached hydrogen (secondary N) is 1. The number of rotatable bonds is 4. The van der Waals surface area contributed by atoms with Gasteiger partial charge in [-0.1, -0.05) is 27.7 Å². The van der Waals surface area contributed by atoms with E-state index in [4.69, 9.17) is 0 Å². The summed E-state index contributed by atoms with van der Waals surface area (Å²) in [6.07, 6.45) is 1.56. The van der Waals surface area contributed by atoms with Gasteiger partial charge < -0.3 is 9.88 Å². The molecular weight excluding hydrogens is 347 g/mol. The molecule has 1 amide bonds. The van der Waals surface area contributed by atoms with Crippen LogP contribution in [0.5, 0.6) is 0 Å². The van der Waals surface area contributed by atoms with Gasteiger partial charge in [0.25, 0.3) is 0 Å². The maximum absolute atomic E-state index is 13.6. The molecule has 1 aromatic carbocycles. The minimum absolute atomic E-state index is 0.156. The average Bonchev–Trinajstić information content (AvgIpc) is 2.78. The normalized spacial score (nSPS) is 12.2. The molecule has 0 radical (unpaired) electrons. The van der Waals surface area contributed by atoms with Crippen molar-refractivity contribution in [3.05, 3.63) is 34.8 Å². The van der Waals surface area contributed by atoms with Crippen LogP contribution in [-0.4, -0.2) is 25.9 Å². The lowest BCUT2D eigenvalue weighted by Crippen LogP contribution is -2.23. The van der Waals surface area contributed by atoms with Gasteiger partial charge in [-0.25, -0.2) is 4.39 Å². The number of aromatic nitrogens is 3. The zero-order valence-corrected chi connectivity index (χ0v) is 13.2. The molecule has 8 heteroatoms. The summed E-state index contributed by atoms with van der Waals surface area (Å²) in [4.78, 5) is 12.0. The molecule has 0 saturated carbocycles. The predicted octanol–water partition coefficient (Wildman–Crippen LogP) is 2.84. The van der Waals surface area contributed by atoms with Crippen LogP contribution in [0.2, 0.25) is 0 Å². The topological polar surface area (TPSA) is 59.8 Å². The van der Waals surface area contributed by atoms with Gasteiger partial charge in [0.15, 0.2) is 5.16 Å². The molecule has 1 aromatic heterocycles. The van der Waals surface area contributed by atoms with E-state index in [9.17, 15) is 9.18 Å². The second-order valence-corrected chi connectivity index (χ2v) is 6.32. The molecule has 106 valence electrons. The van der Waals surface area contributed by atoms with Crippen molar-refractivity contribution in [3.63, 3.8) is 0 Å². The van der Waals surface area contributed by atoms with Crippen molar-refractivity contribution >= 4 is 39.3 Å². The number of benzene rings is 1. The quantitative estimate of drug-likeness (QED) is 0.853. The lowest BCUT2D eigenvalue weighted by atomic mass is 10.3. The summed E-state index contributed by atoms with van der Waals surface area (Å²) in [6, 6.07) is 4.48. The van der Waals surface area contributed by atoms with Crippen LogP contribution in [0, 0.1) is 5.82 Å². The van der Waals surface area contributed by atoms with Crippen molar-refractivity contribution < 1.29 is 9.18 Å². The Bertz CT molecular complexity index is 634. The number of carbonyl (C=O) groups excluding carboxylic acids is 1. The van der Waals surface area contributed by atoms with E-state index in [-0.39, 0.29) is 11.6 Å². The molecule has 20 heavy (non-hydrogen) atoms. The van der Waals surface area contributed by atoms with Gasteiger partial charge in [0.1, 0.15) is 12.1 Å². The van der Waals surface area contributed by atoms with Crippen LogP contribution >= 0.6 is 27.7 Å². The lowest BCUT2D eigenvalue weighted by Gasteiger charge is -2.12. The second-order valence-electron chi connectivity index (χ2n) is 4.10. The van der Waals surface area contributed by atoms with E-state index in [0.717, 1.165) is 0 Å². The molecular formula is C12H12BrFN4OS. The van der Waals surface area contributed by atoms with Crippen LogP contribution in [0.1, 0.15) is 6.92 Å². The number of thioether (sulfide) groups is 1. The van der Waals surface area contributed by atoms with Crippen LogP contribution < -0.4 is 5.32 Å². The fourth-order valence-corrected chi connectivity index (χ4v) is 2.54. The highest BCUT2D eigenvalue weighted by atomic mass is 79.9. The molecule has 1 atom stereocenters. The van der Waals surface area contributed by atoms with E-state index < -0.39 is 11.1 Å². The predicted molar refractivity (Wildman–Crippen MR) is 79.1 cm³/mol. The third-order valence-electron chi connectivity index (χ3n) is 2.51. The first-order valence-corrected chi connectivity index (χ1v) is 7.41. The number of aryl methyl sites for hydroxylation is 1. The van der Waals surface area contributed by atoms with Crippen molar-refractivity contribution in [1.29, 1.82) is 0 Å². The Labute approximate surface area is 128 Å². The number of hydrogen-bond donors (Lipinski definition) is 1. The Morgan fingerprint density at radius 3 is 2.90 bits per heavy atom. The summed E-state index contributed by atoms with van der Waals surface area (Å²) in [6.45, 7) is 1.73. The highest BCUT2D eigenvalue weighted by Crippen LogP contribution is 2.23. The zero-order chi connectivity index (χ0) is 14.7. The van der Waals surface area contributed by atoms with E-state index in [1.165, 1.54) is 23.9 Å². The summed E-state index contributed by atoms with van der Waals surface area (Å²) >= 11 is 4.42. The Morgan fingerprint density at radius 2 is 2.30 bits per heavy atom. The molecule has 1 N–H and O–H groups in total. The van der Waals surface area contributed by atoms with Crippen LogP contribution in [0.25, 0.3) is 0 Å². The van der Waals surface area contributed by atoms with Gasteiger partial charge in [-0.05, 0) is 25.1 Å². The molecule has 0 aliphatic heterocycles. The summed E-state index contributed by atoms with van der Waals surface area (Å²) in [5, 5.41) is 10.4. The van der Waals surface area contributed by atoms with E-state index in [1.807, 2.05) is 0 Å². The molecule has 0 aliphatic carbocycles. The Hall–Kier alpha value is -1.41. The maximum Gasteiger partial charge on any atom is 0.237 e. The van der Waals surface area contributed by atoms with Gasteiger partial charge in [0.2, 0.25) is 5.91 Å². The molecule has 0 aliphatic rings. The van der Waals surface area contributed by atoms with Gasteiger partial charge in [-0.3, -0.25) is 4.79 Å². The third kappa shape index (κ3) is 3.57. The molecule has 0 spiro atoms. The van der Waals surface area contributed by atoms with Crippen LogP contribution in [0.15, 0.2) is 34.2 Å². The monoisotopic (exact) mass is 358 g/mol. The van der Waals surface area contributed by atoms with Gasteiger partial charge in [-0.2, -0.15) is 0 Å². The van der Waals surface area contributed by atoms with E-state index in [1.54, 1.807) is 30.9 Å². The molecule has 0 saturated heterocycles. The number of amides is 1. The first-order valence-electron chi connectivity index (χ1n) is 5.74. The average molecular weight is 359 g/mol. The Balaban J connectivity index is 2.02. The van der Waals surface area contributed by atoms with E-state index >= 15 is 0 Å². The number of nitrogens with zero attached hydrogens (tertiary/aromatic N) is 3. The van der Waals surface area contributed by atoms with Crippen molar-refractivity contribution in [1.82, 2.24) is 14.8 Å².